The van der Waals surface area contributed by atoms with E-state index < -0.39 is 22.0 Å². The fourth-order valence-electron chi connectivity index (χ4n) is 2.61. The van der Waals surface area contributed by atoms with Crippen molar-refractivity contribution >= 4 is 27.3 Å². The SMILES string of the molecule is Cc1ccc(S(=O)(=O)N2c3ccccc3NC[C@@H]2C(N)=O)cc1. The summed E-state index contributed by atoms with van der Waals surface area (Å²) >= 11 is 0. The van der Waals surface area contributed by atoms with Crippen LogP contribution < -0.4 is 15.4 Å². The van der Waals surface area contributed by atoms with Crippen LogP contribution in [0, 0.1) is 6.92 Å². The first-order chi connectivity index (χ1) is 10.9. The number of primary amides is 1. The second-order valence-electron chi connectivity index (χ2n) is 5.43. The first-order valence-corrected chi connectivity index (χ1v) is 8.58. The third-order valence-corrected chi connectivity index (χ3v) is 5.65. The Bertz CT molecular complexity index is 847. The zero-order valence-electron chi connectivity index (χ0n) is 12.6. The predicted molar refractivity (Wildman–Crippen MR) is 88.8 cm³/mol. The molecule has 0 fully saturated rings. The van der Waals surface area contributed by atoms with E-state index in [-0.39, 0.29) is 11.4 Å². The van der Waals surface area contributed by atoms with E-state index in [0.29, 0.717) is 11.4 Å². The van der Waals surface area contributed by atoms with Gasteiger partial charge in [-0.3, -0.25) is 4.79 Å². The van der Waals surface area contributed by atoms with Crippen LogP contribution in [0.2, 0.25) is 0 Å². The molecule has 120 valence electrons. The quantitative estimate of drug-likeness (QED) is 0.891. The Balaban J connectivity index is 2.17. The number of nitrogens with two attached hydrogens (primary N) is 1. The van der Waals surface area contributed by atoms with Crippen LogP contribution in [-0.2, 0) is 14.8 Å². The van der Waals surface area contributed by atoms with Crippen LogP contribution in [0.25, 0.3) is 0 Å². The molecule has 23 heavy (non-hydrogen) atoms. The van der Waals surface area contributed by atoms with Crippen molar-refractivity contribution in [3.05, 3.63) is 54.1 Å². The molecule has 0 saturated carbocycles. The van der Waals surface area contributed by atoms with Crippen molar-refractivity contribution in [1.82, 2.24) is 0 Å². The summed E-state index contributed by atoms with van der Waals surface area (Å²) in [5, 5.41) is 3.05. The highest BCUT2D eigenvalue weighted by Crippen LogP contribution is 2.35. The number of fused-ring (bicyclic) bond motifs is 1. The third-order valence-electron chi connectivity index (χ3n) is 3.82. The summed E-state index contributed by atoms with van der Waals surface area (Å²) < 4.78 is 27.2. The standard InChI is InChI=1S/C16H17N3O3S/c1-11-6-8-12(9-7-11)23(21,22)19-14-5-3-2-4-13(14)18-10-15(19)16(17)20/h2-9,15,18H,10H2,1H3,(H2,17,20)/t15-/m1/s1. The van der Waals surface area contributed by atoms with E-state index >= 15 is 0 Å². The Hall–Kier alpha value is -2.54. The largest absolute Gasteiger partial charge is 0.381 e. The van der Waals surface area contributed by atoms with E-state index in [0.717, 1.165) is 9.87 Å². The lowest BCUT2D eigenvalue weighted by Gasteiger charge is -2.36. The molecule has 7 heteroatoms. The van der Waals surface area contributed by atoms with Crippen molar-refractivity contribution in [3.63, 3.8) is 0 Å². The number of hydrogen-bond donors (Lipinski definition) is 2. The number of sulfonamides is 1. The number of amides is 1. The van der Waals surface area contributed by atoms with Crippen molar-refractivity contribution in [1.29, 1.82) is 0 Å². The van der Waals surface area contributed by atoms with E-state index in [1.54, 1.807) is 36.4 Å². The molecule has 0 aromatic heterocycles. The lowest BCUT2D eigenvalue weighted by molar-refractivity contribution is -0.118. The zero-order chi connectivity index (χ0) is 16.6. The third kappa shape index (κ3) is 2.63. The highest BCUT2D eigenvalue weighted by molar-refractivity contribution is 7.93. The van der Waals surface area contributed by atoms with Gasteiger partial charge in [0.1, 0.15) is 6.04 Å². The average Bonchev–Trinajstić information content (AvgIpc) is 2.54. The van der Waals surface area contributed by atoms with Gasteiger partial charge in [-0.1, -0.05) is 29.8 Å². The summed E-state index contributed by atoms with van der Waals surface area (Å²) in [6.45, 7) is 2.01. The summed E-state index contributed by atoms with van der Waals surface area (Å²) in [5.74, 6) is -0.692. The van der Waals surface area contributed by atoms with Crippen LogP contribution in [0.15, 0.2) is 53.4 Å². The van der Waals surface area contributed by atoms with Gasteiger partial charge in [0.25, 0.3) is 10.0 Å². The molecule has 3 rings (SSSR count). The Morgan fingerprint density at radius 2 is 1.83 bits per heavy atom. The number of rotatable bonds is 3. The molecule has 6 nitrogen and oxygen atoms in total. The van der Waals surface area contributed by atoms with Gasteiger partial charge in [-0.05, 0) is 31.2 Å². The number of aryl methyl sites for hydroxylation is 1. The van der Waals surface area contributed by atoms with E-state index in [1.807, 2.05) is 6.92 Å². The minimum atomic E-state index is -3.89. The van der Waals surface area contributed by atoms with Crippen LogP contribution in [0.1, 0.15) is 5.56 Å². The van der Waals surface area contributed by atoms with Gasteiger partial charge < -0.3 is 11.1 Å². The molecule has 1 atom stereocenters. The minimum absolute atomic E-state index is 0.131. The molecule has 2 aromatic carbocycles. The second kappa shape index (κ2) is 5.58. The van der Waals surface area contributed by atoms with Crippen LogP contribution in [-0.4, -0.2) is 26.9 Å². The lowest BCUT2D eigenvalue weighted by Crippen LogP contribution is -2.54. The van der Waals surface area contributed by atoms with E-state index in [4.69, 9.17) is 5.73 Å². The molecule has 1 amide bonds. The monoisotopic (exact) mass is 331 g/mol. The maximum absolute atomic E-state index is 13.1. The van der Waals surface area contributed by atoms with Crippen LogP contribution in [0.5, 0.6) is 0 Å². The van der Waals surface area contributed by atoms with Gasteiger partial charge in [0.05, 0.1) is 16.3 Å². The summed E-state index contributed by atoms with van der Waals surface area (Å²) in [5.41, 5.74) is 7.46. The van der Waals surface area contributed by atoms with Gasteiger partial charge >= 0.3 is 0 Å². The molecular weight excluding hydrogens is 314 g/mol. The molecule has 0 unspecified atom stereocenters. The minimum Gasteiger partial charge on any atom is -0.381 e. The highest BCUT2D eigenvalue weighted by atomic mass is 32.2. The topological polar surface area (TPSA) is 92.5 Å². The summed E-state index contributed by atoms with van der Waals surface area (Å²) in [6.07, 6.45) is 0. The van der Waals surface area contributed by atoms with Crippen molar-refractivity contribution in [3.8, 4) is 0 Å². The summed E-state index contributed by atoms with van der Waals surface area (Å²) in [4.78, 5) is 11.9. The molecular formula is C16H17N3O3S. The van der Waals surface area contributed by atoms with Crippen LogP contribution >= 0.6 is 0 Å². The van der Waals surface area contributed by atoms with Gasteiger partial charge in [-0.25, -0.2) is 12.7 Å². The smallest absolute Gasteiger partial charge is 0.265 e. The zero-order valence-corrected chi connectivity index (χ0v) is 13.4. The van der Waals surface area contributed by atoms with Crippen molar-refractivity contribution in [2.75, 3.05) is 16.2 Å². The maximum Gasteiger partial charge on any atom is 0.265 e. The second-order valence-corrected chi connectivity index (χ2v) is 7.25. The Kier molecular flexibility index (Phi) is 3.73. The number of hydrogen-bond acceptors (Lipinski definition) is 4. The number of carbonyl (C=O) groups is 1. The van der Waals surface area contributed by atoms with Gasteiger partial charge in [0.2, 0.25) is 5.91 Å². The van der Waals surface area contributed by atoms with Crippen LogP contribution in [0.3, 0.4) is 0 Å². The van der Waals surface area contributed by atoms with Gasteiger partial charge in [-0.2, -0.15) is 0 Å². The summed E-state index contributed by atoms with van der Waals surface area (Å²) in [6, 6.07) is 12.5. The lowest BCUT2D eigenvalue weighted by atomic mass is 10.1. The van der Waals surface area contributed by atoms with Gasteiger partial charge in [-0.15, -0.1) is 0 Å². The van der Waals surface area contributed by atoms with Crippen molar-refractivity contribution in [2.45, 2.75) is 17.9 Å². The van der Waals surface area contributed by atoms with E-state index in [9.17, 15) is 13.2 Å². The van der Waals surface area contributed by atoms with E-state index in [1.165, 1.54) is 12.1 Å². The Morgan fingerprint density at radius 1 is 1.17 bits per heavy atom. The Morgan fingerprint density at radius 3 is 2.48 bits per heavy atom. The molecule has 2 aromatic rings. The van der Waals surface area contributed by atoms with Gasteiger partial charge in [0, 0.05) is 6.54 Å². The molecule has 0 radical (unpaired) electrons. The maximum atomic E-state index is 13.1. The molecule has 0 saturated heterocycles. The number of nitrogens with one attached hydrogen (secondary N) is 1. The molecule has 1 aliphatic rings. The number of para-hydroxylation sites is 2. The molecule has 0 spiro atoms. The molecule has 3 N–H and O–H groups in total. The average molecular weight is 331 g/mol. The summed E-state index contributed by atoms with van der Waals surface area (Å²) in [7, 11) is -3.89. The molecule has 0 bridgehead atoms. The molecule has 1 aliphatic heterocycles. The van der Waals surface area contributed by atoms with Gasteiger partial charge in [0.15, 0.2) is 0 Å². The fraction of sp³-hybridized carbons (Fsp3) is 0.188. The van der Waals surface area contributed by atoms with E-state index in [2.05, 4.69) is 5.32 Å². The highest BCUT2D eigenvalue weighted by Gasteiger charge is 2.38. The Labute approximate surface area is 135 Å². The normalized spacial score (nSPS) is 17.3. The van der Waals surface area contributed by atoms with Crippen molar-refractivity contribution in [2.24, 2.45) is 5.73 Å². The van der Waals surface area contributed by atoms with Crippen LogP contribution in [0.4, 0.5) is 11.4 Å². The van der Waals surface area contributed by atoms with Crippen molar-refractivity contribution < 1.29 is 13.2 Å². The number of carbonyl (C=O) groups excluding carboxylic acids is 1. The number of anilines is 2. The first-order valence-electron chi connectivity index (χ1n) is 7.14. The molecule has 0 aliphatic carbocycles. The number of nitrogens with zero attached hydrogens (tertiary/aromatic N) is 1. The predicted octanol–water partition coefficient (Wildman–Crippen LogP) is 1.47. The molecule has 1 heterocycles. The first kappa shape index (κ1) is 15.4. The number of benzene rings is 2. The fourth-order valence-corrected chi connectivity index (χ4v) is 4.25.